The third-order valence-electron chi connectivity index (χ3n) is 5.57. The number of methoxy groups -OCH3 is 1. The van der Waals surface area contributed by atoms with E-state index < -0.39 is 15.8 Å². The Balaban J connectivity index is 1.59. The van der Waals surface area contributed by atoms with Crippen LogP contribution in [0.2, 0.25) is 5.02 Å². The fraction of sp³-hybridized carbons (Fsp3) is 0.217. The van der Waals surface area contributed by atoms with Crippen LogP contribution in [0.4, 0.5) is 21.8 Å². The van der Waals surface area contributed by atoms with Crippen LogP contribution >= 0.6 is 11.6 Å². The van der Waals surface area contributed by atoms with Crippen molar-refractivity contribution in [2.45, 2.75) is 10.9 Å². The van der Waals surface area contributed by atoms with Gasteiger partial charge in [-0.05, 0) is 18.2 Å². The lowest BCUT2D eigenvalue weighted by Gasteiger charge is -2.28. The van der Waals surface area contributed by atoms with Crippen LogP contribution in [0.25, 0.3) is 22.2 Å². The van der Waals surface area contributed by atoms with Gasteiger partial charge in [-0.3, -0.25) is 4.72 Å². The number of hydrogen-bond donors (Lipinski definition) is 3. The molecule has 1 saturated heterocycles. The monoisotopic (exact) mass is 545 g/mol. The number of sulfonamides is 1. The highest BCUT2D eigenvalue weighted by atomic mass is 35.5. The molecule has 1 fully saturated rings. The SMILES string of the molecule is CNc1ncc2cc(-c3cccc(NS(=O)(=O)c4cc(Cl)cnc4OC)c3F)c(NC3COC3)nc2n1. The Morgan fingerprint density at radius 2 is 1.95 bits per heavy atom. The van der Waals surface area contributed by atoms with Crippen molar-refractivity contribution in [3.8, 4) is 17.0 Å². The molecule has 3 aromatic heterocycles. The Morgan fingerprint density at radius 3 is 2.65 bits per heavy atom. The summed E-state index contributed by atoms with van der Waals surface area (Å²) >= 11 is 5.94. The minimum atomic E-state index is -4.30. The van der Waals surface area contributed by atoms with Crippen molar-refractivity contribution >= 4 is 50.1 Å². The lowest BCUT2D eigenvalue weighted by atomic mass is 10.0. The van der Waals surface area contributed by atoms with Crippen molar-refractivity contribution in [1.82, 2.24) is 19.9 Å². The van der Waals surface area contributed by atoms with Gasteiger partial charge in [0.2, 0.25) is 11.8 Å². The highest BCUT2D eigenvalue weighted by Gasteiger charge is 2.26. The number of fused-ring (bicyclic) bond motifs is 1. The molecular weight excluding hydrogens is 525 g/mol. The summed E-state index contributed by atoms with van der Waals surface area (Å²) in [7, 11) is -1.34. The van der Waals surface area contributed by atoms with Crippen molar-refractivity contribution in [3.05, 3.63) is 53.6 Å². The molecule has 5 rings (SSSR count). The molecule has 0 saturated carbocycles. The summed E-state index contributed by atoms with van der Waals surface area (Å²) in [5, 5.41) is 6.77. The molecule has 4 heterocycles. The lowest BCUT2D eigenvalue weighted by molar-refractivity contribution is 0.0210. The molecule has 0 amide bonds. The van der Waals surface area contributed by atoms with E-state index in [1.165, 1.54) is 37.6 Å². The molecule has 0 bridgehead atoms. The maximum Gasteiger partial charge on any atom is 0.267 e. The number of rotatable bonds is 8. The summed E-state index contributed by atoms with van der Waals surface area (Å²) in [4.78, 5) is 16.7. The van der Waals surface area contributed by atoms with Crippen LogP contribution in [0.5, 0.6) is 5.88 Å². The van der Waals surface area contributed by atoms with Crippen LogP contribution in [0.1, 0.15) is 0 Å². The number of nitrogens with zero attached hydrogens (tertiary/aromatic N) is 4. The zero-order chi connectivity index (χ0) is 26.2. The first kappa shape index (κ1) is 24.9. The predicted octanol–water partition coefficient (Wildman–Crippen LogP) is 3.54. The second kappa shape index (κ2) is 9.92. The minimum Gasteiger partial charge on any atom is -0.480 e. The van der Waals surface area contributed by atoms with E-state index in [1.807, 2.05) is 0 Å². The fourth-order valence-electron chi connectivity index (χ4n) is 3.68. The number of halogens is 2. The molecule has 14 heteroatoms. The number of anilines is 3. The van der Waals surface area contributed by atoms with Gasteiger partial charge in [-0.15, -0.1) is 0 Å². The molecule has 1 aliphatic rings. The van der Waals surface area contributed by atoms with Crippen molar-refractivity contribution in [2.75, 3.05) is 42.7 Å². The van der Waals surface area contributed by atoms with Gasteiger partial charge < -0.3 is 20.1 Å². The molecule has 4 aromatic rings. The summed E-state index contributed by atoms with van der Waals surface area (Å²) in [6.45, 7) is 0.949. The Kier molecular flexibility index (Phi) is 6.67. The van der Waals surface area contributed by atoms with Crippen molar-refractivity contribution in [1.29, 1.82) is 0 Å². The van der Waals surface area contributed by atoms with Gasteiger partial charge in [-0.2, -0.15) is 4.98 Å². The number of nitrogens with one attached hydrogen (secondary N) is 3. The normalized spacial score (nSPS) is 13.7. The smallest absolute Gasteiger partial charge is 0.267 e. The van der Waals surface area contributed by atoms with E-state index in [1.54, 1.807) is 19.3 Å². The standard InChI is InChI=1S/C23H21ClFN7O4S/c1-26-23-28-8-12-6-16(21(30-20(12)31-23)29-14-10-36-11-14)15-4-3-5-17(19(15)25)32-37(33,34)18-7-13(24)9-27-22(18)35-2/h3-9,14,32H,10-11H2,1-2H3,(H2,26,28,29,30,31). The highest BCUT2D eigenvalue weighted by molar-refractivity contribution is 7.92. The van der Waals surface area contributed by atoms with Gasteiger partial charge in [0.1, 0.15) is 5.82 Å². The molecule has 37 heavy (non-hydrogen) atoms. The quantitative estimate of drug-likeness (QED) is 0.301. The lowest BCUT2D eigenvalue weighted by Crippen LogP contribution is -2.40. The van der Waals surface area contributed by atoms with Gasteiger partial charge in [0.15, 0.2) is 16.4 Å². The number of hydrogen-bond acceptors (Lipinski definition) is 10. The zero-order valence-electron chi connectivity index (χ0n) is 19.6. The first-order valence-electron chi connectivity index (χ1n) is 11.0. The molecule has 0 unspecified atom stereocenters. The van der Waals surface area contributed by atoms with E-state index in [-0.39, 0.29) is 33.1 Å². The second-order valence-electron chi connectivity index (χ2n) is 8.05. The summed E-state index contributed by atoms with van der Waals surface area (Å²) < 4.78 is 54.7. The minimum absolute atomic E-state index is 0.0122. The van der Waals surface area contributed by atoms with Gasteiger partial charge in [-0.25, -0.2) is 27.8 Å². The van der Waals surface area contributed by atoms with Gasteiger partial charge >= 0.3 is 0 Å². The number of benzene rings is 1. The first-order chi connectivity index (χ1) is 17.8. The van der Waals surface area contributed by atoms with Crippen LogP contribution in [0.15, 0.2) is 47.6 Å². The molecule has 0 atom stereocenters. The second-order valence-corrected chi connectivity index (χ2v) is 10.1. The highest BCUT2D eigenvalue weighted by Crippen LogP contribution is 2.36. The van der Waals surface area contributed by atoms with E-state index in [9.17, 15) is 8.42 Å². The molecule has 0 aliphatic carbocycles. The average Bonchev–Trinajstić information content (AvgIpc) is 2.86. The number of aromatic nitrogens is 4. The van der Waals surface area contributed by atoms with Crippen LogP contribution in [0, 0.1) is 5.82 Å². The van der Waals surface area contributed by atoms with Crippen molar-refractivity contribution in [3.63, 3.8) is 0 Å². The summed E-state index contributed by atoms with van der Waals surface area (Å²) in [5.74, 6) is -0.218. The molecule has 3 N–H and O–H groups in total. The van der Waals surface area contributed by atoms with Crippen LogP contribution in [0.3, 0.4) is 0 Å². The van der Waals surface area contributed by atoms with E-state index >= 15 is 4.39 Å². The molecule has 192 valence electrons. The molecule has 0 spiro atoms. The van der Waals surface area contributed by atoms with Crippen LogP contribution in [-0.2, 0) is 14.8 Å². The topological polar surface area (TPSA) is 140 Å². The van der Waals surface area contributed by atoms with E-state index in [0.29, 0.717) is 41.6 Å². The predicted molar refractivity (Wildman–Crippen MR) is 137 cm³/mol. The first-order valence-corrected chi connectivity index (χ1v) is 12.9. The Hall–Kier alpha value is -3.81. The maximum absolute atomic E-state index is 15.9. The van der Waals surface area contributed by atoms with Crippen molar-refractivity contribution < 1.29 is 22.3 Å². The van der Waals surface area contributed by atoms with Gasteiger partial charge in [0.25, 0.3) is 10.0 Å². The molecule has 1 aliphatic heterocycles. The van der Waals surface area contributed by atoms with E-state index in [0.717, 1.165) is 0 Å². The van der Waals surface area contributed by atoms with Crippen molar-refractivity contribution in [2.24, 2.45) is 0 Å². The van der Waals surface area contributed by atoms with Gasteiger partial charge in [-0.1, -0.05) is 23.7 Å². The fourth-order valence-corrected chi connectivity index (χ4v) is 5.11. The molecular formula is C23H21ClFN7O4S. The maximum atomic E-state index is 15.9. The number of ether oxygens (including phenoxy) is 2. The third-order valence-corrected chi connectivity index (χ3v) is 7.14. The van der Waals surface area contributed by atoms with E-state index in [2.05, 4.69) is 35.3 Å². The number of pyridine rings is 2. The zero-order valence-corrected chi connectivity index (χ0v) is 21.2. The Bertz CT molecular complexity index is 1600. The molecule has 0 radical (unpaired) electrons. The Morgan fingerprint density at radius 1 is 1.14 bits per heavy atom. The van der Waals surface area contributed by atoms with E-state index in [4.69, 9.17) is 21.1 Å². The van der Waals surface area contributed by atoms with Crippen LogP contribution < -0.4 is 20.1 Å². The Labute approximate surface area is 216 Å². The third kappa shape index (κ3) is 4.92. The van der Waals surface area contributed by atoms with Gasteiger partial charge in [0, 0.05) is 36.0 Å². The largest absolute Gasteiger partial charge is 0.480 e. The van der Waals surface area contributed by atoms with Gasteiger partial charge in [0.05, 0.1) is 37.1 Å². The summed E-state index contributed by atoms with van der Waals surface area (Å²) in [6.07, 6.45) is 2.82. The van der Waals surface area contributed by atoms with Crippen LogP contribution in [-0.4, -0.2) is 61.8 Å². The molecule has 1 aromatic carbocycles. The average molecular weight is 546 g/mol. The summed E-state index contributed by atoms with van der Waals surface area (Å²) in [6, 6.07) is 7.23. The summed E-state index contributed by atoms with van der Waals surface area (Å²) in [5.41, 5.74) is 0.648. The molecule has 11 nitrogen and oxygen atoms in total.